The molecular formula is C54H56F6N4O6S. The Morgan fingerprint density at radius 3 is 1.31 bits per heavy atom. The SMILES string of the molecule is O=C(C=Cc1ccc(Sc2ccc(C=CC(=O)N3CCC(N4CCCC4)CC3)c(-c3ccc4c(c3)CCOO4)c2C(F)(F)F)c(C(F)(F)F)c1-c1ccc2c(c1)CCOO2)N1CCC(N2CCCC2)CC1. The molecule has 71 heavy (non-hydrogen) atoms. The molecule has 4 saturated heterocycles. The number of rotatable bonds is 10. The van der Waals surface area contributed by atoms with Crippen LogP contribution in [0, 0.1) is 0 Å². The first kappa shape index (κ1) is 49.3. The number of alkyl halides is 6. The first-order chi connectivity index (χ1) is 34.3. The summed E-state index contributed by atoms with van der Waals surface area (Å²) in [6, 6.07) is 15.0. The normalized spacial score (nSPS) is 19.9. The third-order valence-corrected chi connectivity index (χ3v) is 15.9. The van der Waals surface area contributed by atoms with Crippen LogP contribution in [0.5, 0.6) is 11.5 Å². The lowest BCUT2D eigenvalue weighted by molar-refractivity contribution is -0.215. The molecule has 4 aromatic rings. The molecule has 4 fully saturated rings. The minimum Gasteiger partial charge on any atom is -0.339 e. The summed E-state index contributed by atoms with van der Waals surface area (Å²) in [6.45, 7) is 6.59. The second kappa shape index (κ2) is 21.0. The lowest BCUT2D eigenvalue weighted by Gasteiger charge is -2.36. The van der Waals surface area contributed by atoms with Crippen molar-refractivity contribution in [1.29, 1.82) is 0 Å². The average molecular weight is 1000 g/mol. The summed E-state index contributed by atoms with van der Waals surface area (Å²) < 4.78 is 95.7. The first-order valence-corrected chi connectivity index (χ1v) is 25.5. The summed E-state index contributed by atoms with van der Waals surface area (Å²) in [6.07, 6.45) is 3.71. The van der Waals surface area contributed by atoms with Gasteiger partial charge in [0.1, 0.15) is 0 Å². The number of carbonyl (C=O) groups excluding carboxylic acids is 2. The van der Waals surface area contributed by atoms with Gasteiger partial charge in [-0.2, -0.15) is 36.1 Å². The number of carbonyl (C=O) groups is 2. The van der Waals surface area contributed by atoms with Gasteiger partial charge in [0.25, 0.3) is 0 Å². The third kappa shape index (κ3) is 10.9. The summed E-state index contributed by atoms with van der Waals surface area (Å²) in [4.78, 5) is 55.5. The molecule has 4 aromatic carbocycles. The zero-order valence-electron chi connectivity index (χ0n) is 39.3. The van der Waals surface area contributed by atoms with Crippen molar-refractivity contribution in [2.75, 3.05) is 65.6 Å². The van der Waals surface area contributed by atoms with Crippen molar-refractivity contribution in [3.05, 3.63) is 106 Å². The molecule has 0 N–H and O–H groups in total. The fraction of sp³-hybridized carbons (Fsp3) is 0.444. The maximum atomic E-state index is 16.0. The molecule has 6 aliphatic rings. The van der Waals surface area contributed by atoms with Crippen LogP contribution in [-0.2, 0) is 44.6 Å². The number of amides is 2. The van der Waals surface area contributed by atoms with Gasteiger partial charge in [0.2, 0.25) is 11.8 Å². The summed E-state index contributed by atoms with van der Waals surface area (Å²) in [5, 5.41) is 0. The molecule has 6 aliphatic heterocycles. The molecule has 0 spiro atoms. The summed E-state index contributed by atoms with van der Waals surface area (Å²) >= 11 is 0.367. The highest BCUT2D eigenvalue weighted by molar-refractivity contribution is 7.99. The van der Waals surface area contributed by atoms with Gasteiger partial charge >= 0.3 is 12.4 Å². The van der Waals surface area contributed by atoms with E-state index in [9.17, 15) is 9.59 Å². The molecular weight excluding hydrogens is 947 g/mol. The number of piperidine rings is 2. The zero-order chi connectivity index (χ0) is 49.3. The minimum atomic E-state index is -5.08. The Labute approximate surface area is 413 Å². The Morgan fingerprint density at radius 2 is 0.930 bits per heavy atom. The Hall–Kier alpha value is -5.33. The summed E-state index contributed by atoms with van der Waals surface area (Å²) in [7, 11) is 0. The Morgan fingerprint density at radius 1 is 0.535 bits per heavy atom. The van der Waals surface area contributed by atoms with E-state index in [2.05, 4.69) is 9.80 Å². The number of likely N-dealkylation sites (tertiary alicyclic amines) is 4. The number of fused-ring (bicyclic) bond motifs is 2. The van der Waals surface area contributed by atoms with Gasteiger partial charge in [0, 0.05) is 95.3 Å². The Balaban J connectivity index is 1.03. The summed E-state index contributed by atoms with van der Waals surface area (Å²) in [5.74, 6) is 0.0104. The molecule has 6 heterocycles. The van der Waals surface area contributed by atoms with Crippen molar-refractivity contribution in [3.8, 4) is 33.8 Å². The van der Waals surface area contributed by atoms with Gasteiger partial charge in [-0.1, -0.05) is 36.0 Å². The van der Waals surface area contributed by atoms with Crippen molar-refractivity contribution < 1.29 is 55.5 Å². The predicted octanol–water partition coefficient (Wildman–Crippen LogP) is 11.1. The van der Waals surface area contributed by atoms with Gasteiger partial charge < -0.3 is 29.4 Å². The fourth-order valence-corrected chi connectivity index (χ4v) is 12.3. The van der Waals surface area contributed by atoms with Crippen molar-refractivity contribution in [2.45, 2.75) is 98.4 Å². The fourth-order valence-electron chi connectivity index (χ4n) is 11.1. The van der Waals surface area contributed by atoms with Crippen LogP contribution < -0.4 is 9.78 Å². The Bertz CT molecular complexity index is 2500. The van der Waals surface area contributed by atoms with E-state index in [0.29, 0.717) is 85.5 Å². The molecule has 376 valence electrons. The maximum Gasteiger partial charge on any atom is 0.418 e. The topological polar surface area (TPSA) is 84.0 Å². The quantitative estimate of drug-likeness (QED) is 0.0876. The van der Waals surface area contributed by atoms with E-state index >= 15 is 26.3 Å². The number of hydrogen-bond donors (Lipinski definition) is 0. The van der Waals surface area contributed by atoms with Gasteiger partial charge in [0.05, 0.1) is 24.3 Å². The van der Waals surface area contributed by atoms with Crippen molar-refractivity contribution in [3.63, 3.8) is 0 Å². The van der Waals surface area contributed by atoms with E-state index in [1.807, 2.05) is 0 Å². The highest BCUT2D eigenvalue weighted by Gasteiger charge is 2.42. The van der Waals surface area contributed by atoms with Crippen LogP contribution in [-0.4, -0.2) is 109 Å². The van der Waals surface area contributed by atoms with Gasteiger partial charge in [0.15, 0.2) is 11.5 Å². The lowest BCUT2D eigenvalue weighted by atomic mass is 9.91. The Kier molecular flexibility index (Phi) is 14.6. The molecule has 2 amide bonds. The van der Waals surface area contributed by atoms with Crippen LogP contribution in [0.4, 0.5) is 26.3 Å². The number of benzene rings is 4. The predicted molar refractivity (Wildman–Crippen MR) is 257 cm³/mol. The standard InChI is InChI=1S/C54H56F6N4O6S/c55-53(56,57)51-45(13-7-35(49(51)39-5-11-43-37(33-39)21-31-67-69-43)9-15-47(65)63-27-17-41(18-28-63)61-23-1-2-24-61)71-46-14-8-36(10-16-48(66)64-29-19-42(20-30-64)62-25-3-4-26-62)50(52(46)54(58,59)60)40-6-12-44-38(34-40)22-32-68-70-44/h5-16,33-34,41-42H,1-4,17-32H2. The van der Waals surface area contributed by atoms with Crippen LogP contribution in [0.15, 0.2) is 82.6 Å². The van der Waals surface area contributed by atoms with E-state index in [-0.39, 0.29) is 58.4 Å². The number of halogens is 6. The van der Waals surface area contributed by atoms with Crippen molar-refractivity contribution in [1.82, 2.24) is 19.6 Å². The largest absolute Gasteiger partial charge is 0.418 e. The van der Waals surface area contributed by atoms with Crippen LogP contribution in [0.1, 0.15) is 84.7 Å². The number of hydrogen-bond acceptors (Lipinski definition) is 9. The minimum absolute atomic E-state index is 0.0670. The molecule has 0 unspecified atom stereocenters. The molecule has 0 atom stereocenters. The molecule has 0 saturated carbocycles. The van der Waals surface area contributed by atoms with E-state index in [1.165, 1.54) is 72.8 Å². The molecule has 0 radical (unpaired) electrons. The van der Waals surface area contributed by atoms with Crippen LogP contribution in [0.2, 0.25) is 0 Å². The van der Waals surface area contributed by atoms with Gasteiger partial charge in [-0.05, 0) is 148 Å². The number of nitrogens with zero attached hydrogens (tertiary/aromatic N) is 4. The molecule has 0 aliphatic carbocycles. The van der Waals surface area contributed by atoms with Crippen molar-refractivity contribution in [2.24, 2.45) is 0 Å². The van der Waals surface area contributed by atoms with Gasteiger partial charge in [-0.25, -0.2) is 0 Å². The highest BCUT2D eigenvalue weighted by atomic mass is 32.2. The lowest BCUT2D eigenvalue weighted by Crippen LogP contribution is -2.45. The smallest absolute Gasteiger partial charge is 0.339 e. The second-order valence-corrected chi connectivity index (χ2v) is 20.2. The summed E-state index contributed by atoms with van der Waals surface area (Å²) in [5.41, 5.74) is -1.29. The van der Waals surface area contributed by atoms with Crippen LogP contribution in [0.3, 0.4) is 0 Å². The zero-order valence-corrected chi connectivity index (χ0v) is 40.1. The first-order valence-electron chi connectivity index (χ1n) is 24.7. The molecule has 10 nitrogen and oxygen atoms in total. The van der Waals surface area contributed by atoms with Crippen LogP contribution >= 0.6 is 11.8 Å². The van der Waals surface area contributed by atoms with E-state index < -0.39 is 33.3 Å². The molecule has 17 heteroatoms. The average Bonchev–Trinajstić information content (AvgIpc) is 4.13. The van der Waals surface area contributed by atoms with Gasteiger partial charge in [-0.3, -0.25) is 9.59 Å². The third-order valence-electron chi connectivity index (χ3n) is 14.8. The second-order valence-electron chi connectivity index (χ2n) is 19.1. The monoisotopic (exact) mass is 1000 g/mol. The van der Waals surface area contributed by atoms with E-state index in [4.69, 9.17) is 19.6 Å². The molecule has 0 aromatic heterocycles. The molecule has 10 rings (SSSR count). The highest BCUT2D eigenvalue weighted by Crippen LogP contribution is 2.52. The van der Waals surface area contributed by atoms with Gasteiger partial charge in [-0.15, -0.1) is 0 Å². The maximum absolute atomic E-state index is 16.0. The molecule has 0 bridgehead atoms. The van der Waals surface area contributed by atoms with Crippen LogP contribution in [0.25, 0.3) is 34.4 Å². The van der Waals surface area contributed by atoms with Crippen molar-refractivity contribution >= 4 is 35.7 Å². The van der Waals surface area contributed by atoms with E-state index in [1.54, 1.807) is 21.9 Å². The van der Waals surface area contributed by atoms with E-state index in [0.717, 1.165) is 77.5 Å².